The molecule has 0 aromatic rings. The third-order valence-electron chi connectivity index (χ3n) is 9.02. The van der Waals surface area contributed by atoms with Crippen molar-refractivity contribution in [3.05, 3.63) is 103 Å². The SMILES string of the molecule is C=C.C=C(C)C/C(=C\C=C=CC)CC1CCN(CC(C(/C=C\CC)=C/C)C2C=CC=CC2C)CC1.CCCC(C)N(C)CC. The van der Waals surface area contributed by atoms with E-state index >= 15 is 0 Å². The van der Waals surface area contributed by atoms with Gasteiger partial charge in [-0.1, -0.05) is 100 Å². The Morgan fingerprint density at radius 3 is 2.27 bits per heavy atom. The smallest absolute Gasteiger partial charge is 0.00636 e. The minimum Gasteiger partial charge on any atom is -0.304 e. The molecule has 2 aliphatic rings. The van der Waals surface area contributed by atoms with Crippen molar-refractivity contribution >= 4 is 0 Å². The van der Waals surface area contributed by atoms with E-state index in [1.54, 1.807) is 0 Å². The molecule has 1 aliphatic carbocycles. The fraction of sp³-hybridized carbons (Fsp3) is 0.595. The molecule has 248 valence electrons. The van der Waals surface area contributed by atoms with Gasteiger partial charge >= 0.3 is 0 Å². The highest BCUT2D eigenvalue weighted by molar-refractivity contribution is 5.27. The number of nitrogens with zero attached hydrogens (tertiary/aromatic N) is 2. The number of likely N-dealkylation sites (tertiary alicyclic amines) is 1. The van der Waals surface area contributed by atoms with Crippen LogP contribution < -0.4 is 0 Å². The minimum absolute atomic E-state index is 0.551. The van der Waals surface area contributed by atoms with Crippen LogP contribution in [-0.2, 0) is 0 Å². The van der Waals surface area contributed by atoms with E-state index in [1.807, 2.05) is 13.0 Å². The fourth-order valence-electron chi connectivity index (χ4n) is 6.19. The molecule has 0 spiro atoms. The van der Waals surface area contributed by atoms with Crippen molar-refractivity contribution in [2.75, 3.05) is 33.2 Å². The number of piperidine rings is 1. The average molecular weight is 603 g/mol. The normalized spacial score (nSPS) is 20.7. The zero-order valence-corrected chi connectivity index (χ0v) is 30.5. The molecule has 0 saturated carbocycles. The molecule has 4 atom stereocenters. The Balaban J connectivity index is 0.00000144. The Morgan fingerprint density at radius 2 is 1.75 bits per heavy atom. The molecular formula is C42H70N2. The van der Waals surface area contributed by atoms with Gasteiger partial charge in [0.1, 0.15) is 0 Å². The summed E-state index contributed by atoms with van der Waals surface area (Å²) >= 11 is 0. The van der Waals surface area contributed by atoms with E-state index in [9.17, 15) is 0 Å². The highest BCUT2D eigenvalue weighted by Crippen LogP contribution is 2.35. The lowest BCUT2D eigenvalue weighted by molar-refractivity contribution is 0.151. The molecule has 44 heavy (non-hydrogen) atoms. The second-order valence-electron chi connectivity index (χ2n) is 12.7. The lowest BCUT2D eigenvalue weighted by Crippen LogP contribution is -2.40. The topological polar surface area (TPSA) is 6.48 Å². The Labute approximate surface area is 275 Å². The van der Waals surface area contributed by atoms with Gasteiger partial charge in [0.2, 0.25) is 0 Å². The first kappa shape index (κ1) is 41.6. The lowest BCUT2D eigenvalue weighted by atomic mass is 9.75. The number of rotatable bonds is 15. The maximum atomic E-state index is 4.14. The van der Waals surface area contributed by atoms with Crippen LogP contribution in [0.3, 0.4) is 0 Å². The van der Waals surface area contributed by atoms with Crippen LogP contribution in [0.5, 0.6) is 0 Å². The van der Waals surface area contributed by atoms with Gasteiger partial charge < -0.3 is 9.80 Å². The fourth-order valence-corrected chi connectivity index (χ4v) is 6.19. The predicted molar refractivity (Wildman–Crippen MR) is 201 cm³/mol. The number of allylic oxidation sites excluding steroid dienone is 11. The van der Waals surface area contributed by atoms with Gasteiger partial charge in [-0.25, -0.2) is 0 Å². The second-order valence-corrected chi connectivity index (χ2v) is 12.7. The van der Waals surface area contributed by atoms with Crippen molar-refractivity contribution in [3.63, 3.8) is 0 Å². The van der Waals surface area contributed by atoms with Gasteiger partial charge in [-0.15, -0.1) is 18.9 Å². The second kappa shape index (κ2) is 25.9. The van der Waals surface area contributed by atoms with Crippen LogP contribution in [-0.4, -0.2) is 49.1 Å². The Hall–Kier alpha value is -2.38. The molecule has 2 nitrogen and oxygen atoms in total. The van der Waals surface area contributed by atoms with Crippen LogP contribution in [0.25, 0.3) is 0 Å². The molecule has 0 radical (unpaired) electrons. The molecular weight excluding hydrogens is 532 g/mol. The monoisotopic (exact) mass is 603 g/mol. The van der Waals surface area contributed by atoms with Crippen molar-refractivity contribution < 1.29 is 0 Å². The third-order valence-corrected chi connectivity index (χ3v) is 9.02. The van der Waals surface area contributed by atoms with Crippen molar-refractivity contribution in [2.24, 2.45) is 23.7 Å². The molecule has 2 heteroatoms. The predicted octanol–water partition coefficient (Wildman–Crippen LogP) is 11.5. The van der Waals surface area contributed by atoms with Crippen LogP contribution in [0.4, 0.5) is 0 Å². The van der Waals surface area contributed by atoms with Crippen LogP contribution in [0.15, 0.2) is 103 Å². The summed E-state index contributed by atoms with van der Waals surface area (Å²) in [5.41, 5.74) is 7.45. The summed E-state index contributed by atoms with van der Waals surface area (Å²) in [5, 5.41) is 0. The molecule has 1 aliphatic heterocycles. The van der Waals surface area contributed by atoms with E-state index in [0.717, 1.165) is 31.3 Å². The largest absolute Gasteiger partial charge is 0.304 e. The Bertz CT molecular complexity index is 975. The standard InChI is InChI=1S/C32H47N.C8H19N.C2H4/c1-7-10-12-16-29(23-26(4)5)24-28-19-21-33(22-20-28)25-32(30(9-3)17-11-8-2)31-18-14-13-15-27(31)6;1-5-7-8(3)9(4)6-2;1-2/h7,9,11-18,27-28,31-32H,4,8,19-25H2,1-3,5-6H3;8H,5-7H2,1-4H3;1-2H2/b17-11-,29-16+,30-9+;;. The number of hydrogen-bond donors (Lipinski definition) is 0. The van der Waals surface area contributed by atoms with Crippen LogP contribution in [0.1, 0.15) is 100 Å². The van der Waals surface area contributed by atoms with E-state index in [2.05, 4.69) is 145 Å². The molecule has 0 bridgehead atoms. The molecule has 0 amide bonds. The zero-order chi connectivity index (χ0) is 33.3. The molecule has 0 N–H and O–H groups in total. The van der Waals surface area contributed by atoms with Crippen LogP contribution in [0, 0.1) is 23.7 Å². The van der Waals surface area contributed by atoms with Gasteiger partial charge in [-0.05, 0) is 128 Å². The first-order valence-electron chi connectivity index (χ1n) is 17.5. The molecule has 0 aromatic heterocycles. The van der Waals surface area contributed by atoms with E-state index in [-0.39, 0.29) is 0 Å². The van der Waals surface area contributed by atoms with E-state index < -0.39 is 0 Å². The summed E-state index contributed by atoms with van der Waals surface area (Å²) in [6.07, 6.45) is 31.1. The first-order chi connectivity index (χ1) is 21.2. The van der Waals surface area contributed by atoms with E-state index in [1.165, 1.54) is 68.5 Å². The van der Waals surface area contributed by atoms with Crippen molar-refractivity contribution in [3.8, 4) is 0 Å². The van der Waals surface area contributed by atoms with Gasteiger partial charge in [0, 0.05) is 18.5 Å². The van der Waals surface area contributed by atoms with Crippen molar-refractivity contribution in [2.45, 2.75) is 106 Å². The summed E-state index contributed by atoms with van der Waals surface area (Å²) in [6.45, 7) is 32.6. The molecule has 4 unspecified atom stereocenters. The van der Waals surface area contributed by atoms with Gasteiger partial charge in [0.15, 0.2) is 0 Å². The lowest BCUT2D eigenvalue weighted by Gasteiger charge is -2.38. The summed E-state index contributed by atoms with van der Waals surface area (Å²) in [4.78, 5) is 5.11. The van der Waals surface area contributed by atoms with Gasteiger partial charge in [-0.3, -0.25) is 0 Å². The average Bonchev–Trinajstić information content (AvgIpc) is 3.02. The highest BCUT2D eigenvalue weighted by Gasteiger charge is 2.30. The van der Waals surface area contributed by atoms with Crippen molar-refractivity contribution in [1.29, 1.82) is 0 Å². The maximum absolute atomic E-state index is 4.14. The molecule has 1 saturated heterocycles. The quantitative estimate of drug-likeness (QED) is 0.104. The Kier molecular flexibility index (Phi) is 24.5. The Morgan fingerprint density at radius 1 is 1.09 bits per heavy atom. The van der Waals surface area contributed by atoms with Gasteiger partial charge in [-0.2, -0.15) is 0 Å². The maximum Gasteiger partial charge on any atom is 0.00636 e. The van der Waals surface area contributed by atoms with Crippen molar-refractivity contribution in [1.82, 2.24) is 9.80 Å². The number of hydrogen-bond acceptors (Lipinski definition) is 2. The first-order valence-corrected chi connectivity index (χ1v) is 17.5. The third kappa shape index (κ3) is 17.2. The molecule has 1 fully saturated rings. The zero-order valence-electron chi connectivity index (χ0n) is 30.5. The molecule has 1 heterocycles. The molecule has 2 rings (SSSR count). The summed E-state index contributed by atoms with van der Waals surface area (Å²) in [7, 11) is 2.18. The van der Waals surface area contributed by atoms with Gasteiger partial charge in [0.05, 0.1) is 0 Å². The van der Waals surface area contributed by atoms with Gasteiger partial charge in [0.25, 0.3) is 0 Å². The summed E-state index contributed by atoms with van der Waals surface area (Å²) < 4.78 is 0. The minimum atomic E-state index is 0.551. The van der Waals surface area contributed by atoms with Crippen LogP contribution in [0.2, 0.25) is 0 Å². The highest BCUT2D eigenvalue weighted by atomic mass is 15.1. The summed E-state index contributed by atoms with van der Waals surface area (Å²) in [5.74, 6) is 2.49. The molecule has 0 aromatic carbocycles. The van der Waals surface area contributed by atoms with E-state index in [0.29, 0.717) is 17.8 Å². The van der Waals surface area contributed by atoms with E-state index in [4.69, 9.17) is 0 Å². The van der Waals surface area contributed by atoms with Crippen LogP contribution >= 0.6 is 0 Å². The summed E-state index contributed by atoms with van der Waals surface area (Å²) in [6, 6.07) is 0.764.